The van der Waals surface area contributed by atoms with Crippen molar-refractivity contribution < 1.29 is 5.21 Å². The highest BCUT2D eigenvalue weighted by molar-refractivity contribution is 9.11. The highest BCUT2D eigenvalue weighted by atomic mass is 79.9. The fourth-order valence-corrected chi connectivity index (χ4v) is 3.28. The molecular formula is C14H12Br2ClN3O. The van der Waals surface area contributed by atoms with Crippen molar-refractivity contribution >= 4 is 55.0 Å². The lowest BCUT2D eigenvalue weighted by Gasteiger charge is -2.12. The summed E-state index contributed by atoms with van der Waals surface area (Å²) in [7, 11) is 0. The smallest absolute Gasteiger partial charge is 0.170 e. The molecule has 0 bridgehead atoms. The lowest BCUT2D eigenvalue weighted by molar-refractivity contribution is 0.318. The third-order valence-electron chi connectivity index (χ3n) is 2.87. The van der Waals surface area contributed by atoms with E-state index in [1.807, 2.05) is 24.3 Å². The third kappa shape index (κ3) is 3.90. The molecule has 0 atom stereocenters. The number of hydrogen-bond acceptors (Lipinski definition) is 3. The van der Waals surface area contributed by atoms with Crippen LogP contribution >= 0.6 is 43.5 Å². The van der Waals surface area contributed by atoms with Crippen LogP contribution in [0.25, 0.3) is 0 Å². The minimum absolute atomic E-state index is 0.0324. The summed E-state index contributed by atoms with van der Waals surface area (Å²) in [5.41, 5.74) is 7.97. The van der Waals surface area contributed by atoms with Gasteiger partial charge in [-0.05, 0) is 55.6 Å². The zero-order valence-corrected chi connectivity index (χ0v) is 14.7. The molecule has 0 aliphatic rings. The summed E-state index contributed by atoms with van der Waals surface area (Å²) < 4.78 is 1.92. The molecule has 110 valence electrons. The van der Waals surface area contributed by atoms with Crippen molar-refractivity contribution in [2.45, 2.75) is 6.54 Å². The van der Waals surface area contributed by atoms with Gasteiger partial charge in [-0.1, -0.05) is 35.0 Å². The van der Waals surface area contributed by atoms with Crippen LogP contribution in [0, 0.1) is 0 Å². The first-order chi connectivity index (χ1) is 10.0. The minimum atomic E-state index is 0.0324. The fraction of sp³-hybridized carbons (Fsp3) is 0.0714. The molecule has 0 saturated heterocycles. The van der Waals surface area contributed by atoms with Crippen LogP contribution in [0.15, 0.2) is 50.5 Å². The molecule has 0 heterocycles. The van der Waals surface area contributed by atoms with E-state index in [9.17, 15) is 0 Å². The van der Waals surface area contributed by atoms with Gasteiger partial charge in [0.15, 0.2) is 5.84 Å². The Morgan fingerprint density at radius 1 is 1.24 bits per heavy atom. The molecule has 0 radical (unpaired) electrons. The highest BCUT2D eigenvalue weighted by Gasteiger charge is 2.08. The van der Waals surface area contributed by atoms with E-state index in [-0.39, 0.29) is 5.84 Å². The zero-order chi connectivity index (χ0) is 15.4. The molecule has 2 aromatic rings. The number of nitrogens with two attached hydrogens (primary N) is 1. The Morgan fingerprint density at radius 2 is 1.90 bits per heavy atom. The standard InChI is InChI=1S/C14H12Br2ClN3O/c15-10-2-1-3-11(16)13(10)19-7-9-5-4-8(6-12(9)17)14(18)20-21/h1-6,19,21H,7H2,(H2,18,20). The predicted octanol–water partition coefficient (Wildman–Crippen LogP) is 4.57. The second kappa shape index (κ2) is 7.15. The Bertz CT molecular complexity index is 672. The summed E-state index contributed by atoms with van der Waals surface area (Å²) in [6.45, 7) is 0.552. The van der Waals surface area contributed by atoms with Gasteiger partial charge in [-0.2, -0.15) is 0 Å². The summed E-state index contributed by atoms with van der Waals surface area (Å²) in [5, 5.41) is 15.5. The number of rotatable bonds is 4. The van der Waals surface area contributed by atoms with E-state index in [0.29, 0.717) is 17.1 Å². The largest absolute Gasteiger partial charge is 0.409 e. The number of benzene rings is 2. The Labute approximate surface area is 144 Å². The van der Waals surface area contributed by atoms with Crippen molar-refractivity contribution in [3.63, 3.8) is 0 Å². The maximum absolute atomic E-state index is 8.66. The Morgan fingerprint density at radius 3 is 2.48 bits per heavy atom. The number of nitrogens with one attached hydrogen (secondary N) is 1. The lowest BCUT2D eigenvalue weighted by Crippen LogP contribution is -2.13. The maximum Gasteiger partial charge on any atom is 0.170 e. The van der Waals surface area contributed by atoms with Crippen LogP contribution in [-0.2, 0) is 6.54 Å². The monoisotopic (exact) mass is 431 g/mol. The number of hydrogen-bond donors (Lipinski definition) is 3. The van der Waals surface area contributed by atoms with Gasteiger partial charge in [0.25, 0.3) is 0 Å². The first-order valence-electron chi connectivity index (χ1n) is 5.97. The highest BCUT2D eigenvalue weighted by Crippen LogP contribution is 2.31. The number of oxime groups is 1. The van der Waals surface area contributed by atoms with Gasteiger partial charge in [-0.15, -0.1) is 0 Å². The van der Waals surface area contributed by atoms with Crippen LogP contribution in [-0.4, -0.2) is 11.0 Å². The van der Waals surface area contributed by atoms with Crippen molar-refractivity contribution in [3.05, 3.63) is 61.5 Å². The van der Waals surface area contributed by atoms with E-state index < -0.39 is 0 Å². The van der Waals surface area contributed by atoms with Crippen LogP contribution in [0.3, 0.4) is 0 Å². The van der Waals surface area contributed by atoms with E-state index in [2.05, 4.69) is 42.3 Å². The molecule has 2 aromatic carbocycles. The van der Waals surface area contributed by atoms with Gasteiger partial charge in [-0.3, -0.25) is 0 Å². The molecule has 0 spiro atoms. The minimum Gasteiger partial charge on any atom is -0.409 e. The number of anilines is 1. The Hall–Kier alpha value is -1.24. The molecule has 0 aliphatic carbocycles. The van der Waals surface area contributed by atoms with Gasteiger partial charge >= 0.3 is 0 Å². The number of amidine groups is 1. The summed E-state index contributed by atoms with van der Waals surface area (Å²) in [6, 6.07) is 11.1. The van der Waals surface area contributed by atoms with E-state index in [1.54, 1.807) is 12.1 Å². The molecule has 2 rings (SSSR count). The number of halogens is 3. The van der Waals surface area contributed by atoms with Crippen molar-refractivity contribution in [1.82, 2.24) is 0 Å². The van der Waals surface area contributed by atoms with E-state index in [0.717, 1.165) is 20.2 Å². The normalized spacial score (nSPS) is 11.5. The summed E-state index contributed by atoms with van der Waals surface area (Å²) in [5.74, 6) is 0.0324. The van der Waals surface area contributed by atoms with Crippen molar-refractivity contribution in [1.29, 1.82) is 0 Å². The van der Waals surface area contributed by atoms with E-state index >= 15 is 0 Å². The molecule has 0 amide bonds. The number of nitrogens with zero attached hydrogens (tertiary/aromatic N) is 1. The summed E-state index contributed by atoms with van der Waals surface area (Å²) in [4.78, 5) is 0. The van der Waals surface area contributed by atoms with Crippen molar-refractivity contribution in [2.24, 2.45) is 10.9 Å². The third-order valence-corrected chi connectivity index (χ3v) is 4.55. The van der Waals surface area contributed by atoms with Crippen molar-refractivity contribution in [3.8, 4) is 0 Å². The van der Waals surface area contributed by atoms with Gasteiger partial charge in [0, 0.05) is 26.1 Å². The second-order valence-electron chi connectivity index (χ2n) is 4.24. The first kappa shape index (κ1) is 16.1. The molecule has 0 fully saturated rings. The molecule has 4 nitrogen and oxygen atoms in total. The topological polar surface area (TPSA) is 70.6 Å². The van der Waals surface area contributed by atoms with Gasteiger partial charge in [0.2, 0.25) is 0 Å². The summed E-state index contributed by atoms with van der Waals surface area (Å²) >= 11 is 13.2. The number of para-hydroxylation sites is 1. The fourth-order valence-electron chi connectivity index (χ4n) is 1.76. The molecule has 0 unspecified atom stereocenters. The Kier molecular flexibility index (Phi) is 5.50. The molecule has 7 heteroatoms. The van der Waals surface area contributed by atoms with Crippen LogP contribution in [0.2, 0.25) is 5.02 Å². The van der Waals surface area contributed by atoms with Gasteiger partial charge in [0.05, 0.1) is 5.69 Å². The first-order valence-corrected chi connectivity index (χ1v) is 7.93. The van der Waals surface area contributed by atoms with Crippen LogP contribution in [0.4, 0.5) is 5.69 Å². The molecular weight excluding hydrogens is 421 g/mol. The van der Waals surface area contributed by atoms with Crippen LogP contribution in [0.1, 0.15) is 11.1 Å². The second-order valence-corrected chi connectivity index (χ2v) is 6.36. The molecule has 0 aliphatic heterocycles. The molecule has 0 saturated carbocycles. The quantitative estimate of drug-likeness (QED) is 0.286. The van der Waals surface area contributed by atoms with E-state index in [4.69, 9.17) is 22.5 Å². The lowest BCUT2D eigenvalue weighted by atomic mass is 10.1. The maximum atomic E-state index is 8.66. The summed E-state index contributed by atoms with van der Waals surface area (Å²) in [6.07, 6.45) is 0. The van der Waals surface area contributed by atoms with E-state index in [1.165, 1.54) is 0 Å². The Balaban J connectivity index is 2.18. The zero-order valence-electron chi connectivity index (χ0n) is 10.8. The molecule has 0 aromatic heterocycles. The molecule has 4 N–H and O–H groups in total. The van der Waals surface area contributed by atoms with Crippen LogP contribution in [0.5, 0.6) is 0 Å². The predicted molar refractivity (Wildman–Crippen MR) is 93.1 cm³/mol. The van der Waals surface area contributed by atoms with Gasteiger partial charge in [0.1, 0.15) is 0 Å². The average molecular weight is 434 g/mol. The van der Waals surface area contributed by atoms with Gasteiger partial charge in [-0.25, -0.2) is 0 Å². The SMILES string of the molecule is N/C(=N/O)c1ccc(CNc2c(Br)cccc2Br)c(Cl)c1. The van der Waals surface area contributed by atoms with Crippen molar-refractivity contribution in [2.75, 3.05) is 5.32 Å². The molecule has 21 heavy (non-hydrogen) atoms. The average Bonchev–Trinajstić information content (AvgIpc) is 2.47. The van der Waals surface area contributed by atoms with Gasteiger partial charge < -0.3 is 16.3 Å². The van der Waals surface area contributed by atoms with Crippen LogP contribution < -0.4 is 11.1 Å².